The van der Waals surface area contributed by atoms with Crippen molar-refractivity contribution in [3.8, 4) is 0 Å². The van der Waals surface area contributed by atoms with Crippen LogP contribution in [0.1, 0.15) is 81.4 Å². The Bertz CT molecular complexity index is 922. The van der Waals surface area contributed by atoms with Gasteiger partial charge in [-0.05, 0) is 50.2 Å². The van der Waals surface area contributed by atoms with Crippen molar-refractivity contribution in [1.82, 2.24) is 20.0 Å². The molecule has 3 atom stereocenters. The van der Waals surface area contributed by atoms with Crippen LogP contribution in [0.15, 0.2) is 36.7 Å². The average Bonchev–Trinajstić information content (AvgIpc) is 3.38. The molecule has 1 N–H and O–H groups in total. The van der Waals surface area contributed by atoms with Crippen molar-refractivity contribution in [1.29, 1.82) is 0 Å². The fourth-order valence-corrected chi connectivity index (χ4v) is 6.11. The van der Waals surface area contributed by atoms with E-state index in [2.05, 4.69) is 21.1 Å². The fourth-order valence-electron chi connectivity index (χ4n) is 6.11. The van der Waals surface area contributed by atoms with Gasteiger partial charge in [-0.3, -0.25) is 14.4 Å². The summed E-state index contributed by atoms with van der Waals surface area (Å²) in [5.41, 5.74) is 1.99. The highest BCUT2D eigenvalue weighted by Crippen LogP contribution is 2.34. The Hall–Kier alpha value is -2.21. The van der Waals surface area contributed by atoms with Crippen LogP contribution in [0.4, 0.5) is 4.39 Å². The first-order valence-corrected chi connectivity index (χ1v) is 12.5. The average molecular weight is 439 g/mol. The molecule has 32 heavy (non-hydrogen) atoms. The van der Waals surface area contributed by atoms with Gasteiger partial charge in [0.2, 0.25) is 5.91 Å². The van der Waals surface area contributed by atoms with Gasteiger partial charge in [0.1, 0.15) is 5.82 Å². The van der Waals surface area contributed by atoms with Gasteiger partial charge in [0, 0.05) is 42.9 Å². The molecule has 3 heterocycles. The first-order chi connectivity index (χ1) is 15.7. The molecule has 1 aromatic heterocycles. The van der Waals surface area contributed by atoms with Crippen molar-refractivity contribution in [2.45, 2.75) is 101 Å². The lowest BCUT2D eigenvalue weighted by molar-refractivity contribution is -0.122. The zero-order chi connectivity index (χ0) is 21.9. The maximum atomic E-state index is 14.5. The molecule has 2 aromatic rings. The lowest BCUT2D eigenvalue weighted by Crippen LogP contribution is -2.46. The first-order valence-electron chi connectivity index (χ1n) is 12.5. The molecule has 5 rings (SSSR count). The zero-order valence-electron chi connectivity index (χ0n) is 18.9. The molecule has 1 saturated carbocycles. The molecule has 3 aliphatic rings. The quantitative estimate of drug-likeness (QED) is 0.731. The van der Waals surface area contributed by atoms with Crippen molar-refractivity contribution in [3.63, 3.8) is 0 Å². The van der Waals surface area contributed by atoms with E-state index in [9.17, 15) is 9.18 Å². The molecule has 0 unspecified atom stereocenters. The number of benzene rings is 1. The summed E-state index contributed by atoms with van der Waals surface area (Å²) in [6.07, 6.45) is 15.9. The highest BCUT2D eigenvalue weighted by Gasteiger charge is 2.42. The van der Waals surface area contributed by atoms with Crippen LogP contribution in [-0.2, 0) is 17.8 Å². The minimum Gasteiger partial charge on any atom is -0.352 e. The van der Waals surface area contributed by atoms with Gasteiger partial charge in [-0.2, -0.15) is 5.10 Å². The monoisotopic (exact) mass is 438 g/mol. The molecule has 2 saturated heterocycles. The smallest absolute Gasteiger partial charge is 0.220 e. The third kappa shape index (κ3) is 4.75. The van der Waals surface area contributed by atoms with E-state index in [4.69, 9.17) is 5.10 Å². The van der Waals surface area contributed by atoms with Crippen LogP contribution in [0.2, 0.25) is 0 Å². The Kier molecular flexibility index (Phi) is 6.58. The van der Waals surface area contributed by atoms with E-state index in [1.807, 2.05) is 18.3 Å². The molecule has 5 nitrogen and oxygen atoms in total. The van der Waals surface area contributed by atoms with Crippen LogP contribution >= 0.6 is 0 Å². The lowest BCUT2D eigenvalue weighted by atomic mass is 9.96. The number of aromatic nitrogens is 2. The number of hydrogen-bond donors (Lipinski definition) is 1. The maximum Gasteiger partial charge on any atom is 0.220 e. The molecule has 0 bridgehead atoms. The number of likely N-dealkylation sites (tertiary alicyclic amines) is 1. The Morgan fingerprint density at radius 1 is 1.06 bits per heavy atom. The SMILES string of the molecule is O=C1CCCC[C@@H]2[C@H](C[C@@H](Cc3ccccc3F)N2Cc2cnn(C3CCCCC3)c2)N1. The summed E-state index contributed by atoms with van der Waals surface area (Å²) in [6, 6.07) is 8.29. The first kappa shape index (κ1) is 21.6. The molecule has 0 radical (unpaired) electrons. The number of nitrogens with zero attached hydrogens (tertiary/aromatic N) is 3. The Morgan fingerprint density at radius 2 is 1.88 bits per heavy atom. The van der Waals surface area contributed by atoms with Crippen LogP contribution in [0.25, 0.3) is 0 Å². The minimum atomic E-state index is -0.133. The van der Waals surface area contributed by atoms with E-state index in [1.54, 1.807) is 12.1 Å². The molecular weight excluding hydrogens is 403 g/mol. The van der Waals surface area contributed by atoms with Gasteiger partial charge in [0.25, 0.3) is 0 Å². The van der Waals surface area contributed by atoms with Crippen LogP contribution in [0, 0.1) is 5.82 Å². The van der Waals surface area contributed by atoms with Crippen molar-refractivity contribution >= 4 is 5.91 Å². The van der Waals surface area contributed by atoms with Crippen molar-refractivity contribution in [3.05, 3.63) is 53.6 Å². The van der Waals surface area contributed by atoms with E-state index in [1.165, 1.54) is 37.7 Å². The molecule has 2 aliphatic heterocycles. The molecule has 1 aromatic carbocycles. The van der Waals surface area contributed by atoms with Gasteiger partial charge in [0.05, 0.1) is 12.2 Å². The fraction of sp³-hybridized carbons (Fsp3) is 0.615. The number of rotatable bonds is 5. The summed E-state index contributed by atoms with van der Waals surface area (Å²) in [7, 11) is 0. The number of carbonyl (C=O) groups excluding carboxylic acids is 1. The molecule has 3 fully saturated rings. The van der Waals surface area contributed by atoms with Crippen LogP contribution in [0.3, 0.4) is 0 Å². The second-order valence-electron chi connectivity index (χ2n) is 9.96. The molecule has 0 spiro atoms. The number of nitrogens with one attached hydrogen (secondary N) is 1. The summed E-state index contributed by atoms with van der Waals surface area (Å²) in [5.74, 6) is 0.0298. The minimum absolute atomic E-state index is 0.133. The van der Waals surface area contributed by atoms with Gasteiger partial charge < -0.3 is 5.32 Å². The summed E-state index contributed by atoms with van der Waals surface area (Å²) in [6.45, 7) is 0.808. The standard InChI is InChI=1S/C26H35FN4O/c27-23-11-5-4-8-20(23)14-22-15-24-25(12-6-7-13-26(32)29-24)30(22)17-19-16-28-31(18-19)21-9-2-1-3-10-21/h4-5,8,11,16,18,21-22,24-25H,1-3,6-7,9-10,12-15,17H2,(H,29,32)/t22-,24+,25-/m1/s1. The molecular formula is C26H35FN4O. The summed E-state index contributed by atoms with van der Waals surface area (Å²) < 4.78 is 16.6. The van der Waals surface area contributed by atoms with Crippen LogP contribution < -0.4 is 5.32 Å². The Balaban J connectivity index is 1.37. The van der Waals surface area contributed by atoms with E-state index in [0.29, 0.717) is 24.9 Å². The number of amides is 1. The maximum absolute atomic E-state index is 14.5. The van der Waals surface area contributed by atoms with Crippen molar-refractivity contribution in [2.24, 2.45) is 0 Å². The summed E-state index contributed by atoms with van der Waals surface area (Å²) in [5, 5.41) is 8.00. The zero-order valence-corrected chi connectivity index (χ0v) is 18.9. The van der Waals surface area contributed by atoms with Gasteiger partial charge in [0.15, 0.2) is 0 Å². The normalized spacial score (nSPS) is 27.5. The lowest BCUT2D eigenvalue weighted by Gasteiger charge is -2.32. The summed E-state index contributed by atoms with van der Waals surface area (Å²) >= 11 is 0. The van der Waals surface area contributed by atoms with Crippen molar-refractivity contribution < 1.29 is 9.18 Å². The van der Waals surface area contributed by atoms with Gasteiger partial charge in [-0.1, -0.05) is 43.9 Å². The van der Waals surface area contributed by atoms with E-state index in [0.717, 1.165) is 37.8 Å². The van der Waals surface area contributed by atoms with Crippen LogP contribution in [-0.4, -0.2) is 38.7 Å². The van der Waals surface area contributed by atoms with Crippen LogP contribution in [0.5, 0.6) is 0 Å². The highest BCUT2D eigenvalue weighted by atomic mass is 19.1. The predicted octanol–water partition coefficient (Wildman–Crippen LogP) is 4.77. The Labute approximate surface area is 190 Å². The predicted molar refractivity (Wildman–Crippen MR) is 123 cm³/mol. The van der Waals surface area contributed by atoms with Gasteiger partial charge >= 0.3 is 0 Å². The highest BCUT2D eigenvalue weighted by molar-refractivity contribution is 5.76. The van der Waals surface area contributed by atoms with E-state index in [-0.39, 0.29) is 23.8 Å². The molecule has 1 aliphatic carbocycles. The molecule has 1 amide bonds. The number of hydrogen-bond acceptors (Lipinski definition) is 3. The topological polar surface area (TPSA) is 50.2 Å². The van der Waals surface area contributed by atoms with Crippen molar-refractivity contribution in [2.75, 3.05) is 0 Å². The molecule has 6 heteroatoms. The van der Waals surface area contributed by atoms with E-state index >= 15 is 0 Å². The van der Waals surface area contributed by atoms with Gasteiger partial charge in [-0.25, -0.2) is 4.39 Å². The number of fused-ring (bicyclic) bond motifs is 1. The Morgan fingerprint density at radius 3 is 2.72 bits per heavy atom. The van der Waals surface area contributed by atoms with E-state index < -0.39 is 0 Å². The van der Waals surface area contributed by atoms with Gasteiger partial charge in [-0.15, -0.1) is 0 Å². The second-order valence-corrected chi connectivity index (χ2v) is 9.96. The molecule has 172 valence electrons. The third-order valence-corrected chi connectivity index (χ3v) is 7.77. The third-order valence-electron chi connectivity index (χ3n) is 7.77. The largest absolute Gasteiger partial charge is 0.352 e. The summed E-state index contributed by atoms with van der Waals surface area (Å²) in [4.78, 5) is 14.9. The number of halogens is 1. The number of carbonyl (C=O) groups is 1. The second kappa shape index (κ2) is 9.74.